The highest BCUT2D eigenvalue weighted by molar-refractivity contribution is 7.52. The molecule has 1 unspecified atom stereocenters. The molecular weight excluding hydrogens is 327 g/mol. The fraction of sp³-hybridized carbons (Fsp3) is 0.278. The van der Waals surface area contributed by atoms with Crippen LogP contribution in [-0.4, -0.2) is 16.0 Å². The minimum absolute atomic E-state index is 0.0676. The zero-order valence-electron chi connectivity index (χ0n) is 13.9. The molecule has 128 valence electrons. The summed E-state index contributed by atoms with van der Waals surface area (Å²) in [6.07, 6.45) is -0.166. The first kappa shape index (κ1) is 18.2. The van der Waals surface area contributed by atoms with Crippen molar-refractivity contribution in [1.29, 1.82) is 0 Å². The van der Waals surface area contributed by atoms with Gasteiger partial charge < -0.3 is 14.5 Å². The van der Waals surface area contributed by atoms with Crippen LogP contribution in [0.4, 0.5) is 0 Å². The van der Waals surface area contributed by atoms with E-state index in [-0.39, 0.29) is 18.3 Å². The van der Waals surface area contributed by atoms with Crippen molar-refractivity contribution < 1.29 is 23.9 Å². The van der Waals surface area contributed by atoms with Crippen LogP contribution in [0.2, 0.25) is 0 Å². The van der Waals surface area contributed by atoms with Gasteiger partial charge in [-0.2, -0.15) is 0 Å². The van der Waals surface area contributed by atoms with Gasteiger partial charge in [0.05, 0.1) is 12.6 Å². The molecule has 0 fully saturated rings. The van der Waals surface area contributed by atoms with E-state index in [1.54, 1.807) is 12.1 Å². The summed E-state index contributed by atoms with van der Waals surface area (Å²) in [5.41, 5.74) is 4.45. The second kappa shape index (κ2) is 7.20. The van der Waals surface area contributed by atoms with Crippen LogP contribution in [0.25, 0.3) is 0 Å². The average molecular weight is 348 g/mol. The zero-order valence-corrected chi connectivity index (χ0v) is 14.8. The topological polar surface area (TPSA) is 83.8 Å². The van der Waals surface area contributed by atoms with E-state index in [1.807, 2.05) is 32.9 Å². The van der Waals surface area contributed by atoms with Crippen LogP contribution >= 0.6 is 7.60 Å². The molecule has 0 amide bonds. The number of aryl methyl sites for hydroxylation is 3. The molecule has 0 saturated heterocycles. The highest BCUT2D eigenvalue weighted by Crippen LogP contribution is 2.47. The molecule has 0 aliphatic rings. The molecule has 2 aromatic carbocycles. The van der Waals surface area contributed by atoms with Gasteiger partial charge >= 0.3 is 13.6 Å². The first-order valence-electron chi connectivity index (χ1n) is 7.55. The smallest absolute Gasteiger partial charge is 0.381 e. The lowest BCUT2D eigenvalue weighted by Crippen LogP contribution is -2.02. The van der Waals surface area contributed by atoms with Gasteiger partial charge in [0.15, 0.2) is 0 Å². The minimum Gasteiger partial charge on any atom is -0.481 e. The van der Waals surface area contributed by atoms with E-state index >= 15 is 0 Å². The van der Waals surface area contributed by atoms with E-state index in [0.717, 1.165) is 22.3 Å². The van der Waals surface area contributed by atoms with Gasteiger partial charge in [-0.15, -0.1) is 0 Å². The van der Waals surface area contributed by atoms with E-state index in [1.165, 1.54) is 12.1 Å². The SMILES string of the molecule is Cc1cc(C)c(CP(=O)(O)Oc2ccc(CC(=O)O)cc2)c(C)c1. The fourth-order valence-corrected chi connectivity index (χ4v) is 4.11. The molecule has 0 radical (unpaired) electrons. The van der Waals surface area contributed by atoms with Crippen molar-refractivity contribution in [3.63, 3.8) is 0 Å². The predicted octanol–water partition coefficient (Wildman–Crippen LogP) is 4.00. The molecule has 0 aliphatic carbocycles. The molecule has 0 bridgehead atoms. The number of aliphatic carboxylic acids is 1. The highest BCUT2D eigenvalue weighted by Gasteiger charge is 2.24. The summed E-state index contributed by atoms with van der Waals surface area (Å²) in [5.74, 6) is -0.681. The van der Waals surface area contributed by atoms with Crippen molar-refractivity contribution >= 4 is 13.6 Å². The largest absolute Gasteiger partial charge is 0.481 e. The maximum atomic E-state index is 12.4. The van der Waals surface area contributed by atoms with Crippen molar-refractivity contribution in [2.75, 3.05) is 0 Å². The van der Waals surface area contributed by atoms with Gasteiger partial charge in [-0.3, -0.25) is 4.79 Å². The van der Waals surface area contributed by atoms with Crippen LogP contribution in [0.15, 0.2) is 36.4 Å². The van der Waals surface area contributed by atoms with E-state index < -0.39 is 13.6 Å². The van der Waals surface area contributed by atoms with Crippen LogP contribution < -0.4 is 4.52 Å². The molecule has 1 atom stereocenters. The number of hydrogen-bond donors (Lipinski definition) is 2. The van der Waals surface area contributed by atoms with Gasteiger partial charge in [-0.05, 0) is 55.2 Å². The van der Waals surface area contributed by atoms with Gasteiger partial charge in [-0.25, -0.2) is 4.57 Å². The Labute approximate surface area is 141 Å². The number of rotatable bonds is 6. The van der Waals surface area contributed by atoms with Crippen molar-refractivity contribution in [2.24, 2.45) is 0 Å². The molecule has 24 heavy (non-hydrogen) atoms. The molecule has 6 heteroatoms. The summed E-state index contributed by atoms with van der Waals surface area (Å²) in [6, 6.07) is 10.1. The number of hydrogen-bond acceptors (Lipinski definition) is 3. The van der Waals surface area contributed by atoms with Gasteiger partial charge in [0, 0.05) is 0 Å². The van der Waals surface area contributed by atoms with Crippen molar-refractivity contribution in [1.82, 2.24) is 0 Å². The molecule has 0 aromatic heterocycles. The van der Waals surface area contributed by atoms with Gasteiger partial charge in [-0.1, -0.05) is 29.8 Å². The second-order valence-electron chi connectivity index (χ2n) is 5.98. The summed E-state index contributed by atoms with van der Waals surface area (Å²) < 4.78 is 17.7. The number of carbonyl (C=O) groups is 1. The van der Waals surface area contributed by atoms with E-state index in [9.17, 15) is 14.3 Å². The lowest BCUT2D eigenvalue weighted by atomic mass is 10.0. The van der Waals surface area contributed by atoms with E-state index in [0.29, 0.717) is 5.56 Å². The lowest BCUT2D eigenvalue weighted by Gasteiger charge is -2.17. The average Bonchev–Trinajstić information content (AvgIpc) is 2.44. The van der Waals surface area contributed by atoms with Crippen LogP contribution in [0, 0.1) is 20.8 Å². The predicted molar refractivity (Wildman–Crippen MR) is 92.6 cm³/mol. The van der Waals surface area contributed by atoms with E-state index in [4.69, 9.17) is 9.63 Å². The van der Waals surface area contributed by atoms with Crippen LogP contribution in [0.5, 0.6) is 5.75 Å². The van der Waals surface area contributed by atoms with Crippen LogP contribution in [-0.2, 0) is 21.9 Å². The van der Waals surface area contributed by atoms with E-state index in [2.05, 4.69) is 0 Å². The summed E-state index contributed by atoms with van der Waals surface area (Å²) in [5, 5.41) is 8.74. The normalized spacial score (nSPS) is 13.3. The van der Waals surface area contributed by atoms with Gasteiger partial charge in [0.1, 0.15) is 5.75 Å². The Morgan fingerprint density at radius 1 is 1.08 bits per heavy atom. The number of benzene rings is 2. The zero-order chi connectivity index (χ0) is 17.9. The summed E-state index contributed by atoms with van der Waals surface area (Å²) >= 11 is 0. The molecule has 2 aromatic rings. The Kier molecular flexibility index (Phi) is 5.47. The molecule has 0 spiro atoms. The third-order valence-corrected chi connectivity index (χ3v) is 4.94. The minimum atomic E-state index is -3.86. The molecule has 2 N–H and O–H groups in total. The molecule has 0 saturated carbocycles. The van der Waals surface area contributed by atoms with Crippen LogP contribution in [0.3, 0.4) is 0 Å². The van der Waals surface area contributed by atoms with Crippen LogP contribution in [0.1, 0.15) is 27.8 Å². The summed E-state index contributed by atoms with van der Waals surface area (Å²) in [6.45, 7) is 5.81. The Hall–Kier alpha value is -2.10. The lowest BCUT2D eigenvalue weighted by molar-refractivity contribution is -0.136. The fourth-order valence-electron chi connectivity index (χ4n) is 2.70. The monoisotopic (exact) mass is 348 g/mol. The van der Waals surface area contributed by atoms with Crippen molar-refractivity contribution in [3.05, 3.63) is 64.2 Å². The quantitative estimate of drug-likeness (QED) is 0.771. The third-order valence-electron chi connectivity index (χ3n) is 3.73. The Morgan fingerprint density at radius 2 is 1.62 bits per heavy atom. The second-order valence-corrected chi connectivity index (χ2v) is 7.75. The third kappa shape index (κ3) is 4.95. The Balaban J connectivity index is 2.14. The Morgan fingerprint density at radius 3 is 2.12 bits per heavy atom. The first-order chi connectivity index (χ1) is 11.2. The molecule has 5 nitrogen and oxygen atoms in total. The molecule has 0 aliphatic heterocycles. The highest BCUT2D eigenvalue weighted by atomic mass is 31.2. The standard InChI is InChI=1S/C18H21O5P/c1-12-8-13(2)17(14(3)9-12)11-24(21,22)23-16-6-4-15(5-7-16)10-18(19)20/h4-9H,10-11H2,1-3H3,(H,19,20)(H,21,22). The summed E-state index contributed by atoms with van der Waals surface area (Å²) in [4.78, 5) is 20.9. The first-order valence-corrected chi connectivity index (χ1v) is 9.31. The van der Waals surface area contributed by atoms with Gasteiger partial charge in [0.25, 0.3) is 0 Å². The molecule has 2 rings (SSSR count). The summed E-state index contributed by atoms with van der Waals surface area (Å²) in [7, 11) is -3.86. The number of carboxylic acids is 1. The molecular formula is C18H21O5P. The molecule has 0 heterocycles. The maximum absolute atomic E-state index is 12.4. The van der Waals surface area contributed by atoms with Gasteiger partial charge in [0.2, 0.25) is 0 Å². The van der Waals surface area contributed by atoms with Crippen molar-refractivity contribution in [2.45, 2.75) is 33.4 Å². The number of carboxylic acid groups (broad SMARTS) is 1. The van der Waals surface area contributed by atoms with Crippen molar-refractivity contribution in [3.8, 4) is 5.75 Å². The Bertz CT molecular complexity index is 773. The maximum Gasteiger partial charge on any atom is 0.381 e.